The first-order valence-corrected chi connectivity index (χ1v) is 9.65. The Hall–Kier alpha value is -1.74. The molecule has 9 heteroatoms. The fourth-order valence-corrected chi connectivity index (χ4v) is 3.28. The van der Waals surface area contributed by atoms with Crippen LogP contribution in [0.15, 0.2) is 18.2 Å². The van der Waals surface area contributed by atoms with Crippen molar-refractivity contribution in [3.63, 3.8) is 0 Å². The van der Waals surface area contributed by atoms with E-state index in [1.807, 2.05) is 0 Å². The van der Waals surface area contributed by atoms with Gasteiger partial charge in [0.15, 0.2) is 0 Å². The zero-order valence-corrected chi connectivity index (χ0v) is 14.2. The third-order valence-electron chi connectivity index (χ3n) is 3.96. The SMILES string of the molecule is CS(=O)(=O)CCC(N)C(=O)N1CCN(c2cc(F)ccc2F)CC1. The molecule has 1 amide bonds. The smallest absolute Gasteiger partial charge is 0.239 e. The van der Waals surface area contributed by atoms with Gasteiger partial charge in [-0.3, -0.25) is 4.79 Å². The van der Waals surface area contributed by atoms with Gasteiger partial charge in [0.25, 0.3) is 0 Å². The molecule has 1 aromatic rings. The van der Waals surface area contributed by atoms with Gasteiger partial charge in [-0.1, -0.05) is 0 Å². The summed E-state index contributed by atoms with van der Waals surface area (Å²) in [6, 6.07) is 2.38. The van der Waals surface area contributed by atoms with Crippen LogP contribution in [0.4, 0.5) is 14.5 Å². The van der Waals surface area contributed by atoms with E-state index in [0.717, 1.165) is 24.5 Å². The zero-order valence-electron chi connectivity index (χ0n) is 13.4. The van der Waals surface area contributed by atoms with E-state index in [2.05, 4.69) is 0 Å². The molecule has 1 heterocycles. The summed E-state index contributed by atoms with van der Waals surface area (Å²) in [5.41, 5.74) is 5.94. The van der Waals surface area contributed by atoms with Gasteiger partial charge in [0, 0.05) is 38.5 Å². The Labute approximate surface area is 140 Å². The molecule has 0 radical (unpaired) electrons. The van der Waals surface area contributed by atoms with Crippen LogP contribution in [-0.4, -0.2) is 63.5 Å². The Morgan fingerprint density at radius 2 is 1.88 bits per heavy atom. The minimum Gasteiger partial charge on any atom is -0.366 e. The number of amides is 1. The van der Waals surface area contributed by atoms with Crippen molar-refractivity contribution < 1.29 is 22.0 Å². The molecule has 1 unspecified atom stereocenters. The number of sulfone groups is 1. The Morgan fingerprint density at radius 3 is 2.46 bits per heavy atom. The van der Waals surface area contributed by atoms with E-state index >= 15 is 0 Å². The average Bonchev–Trinajstić information content (AvgIpc) is 2.53. The van der Waals surface area contributed by atoms with Crippen LogP contribution in [0.3, 0.4) is 0 Å². The van der Waals surface area contributed by atoms with Crippen molar-refractivity contribution in [1.29, 1.82) is 0 Å². The molecule has 134 valence electrons. The highest BCUT2D eigenvalue weighted by molar-refractivity contribution is 7.90. The quantitative estimate of drug-likeness (QED) is 0.820. The van der Waals surface area contributed by atoms with Gasteiger partial charge in [0.2, 0.25) is 5.91 Å². The van der Waals surface area contributed by atoms with E-state index in [-0.39, 0.29) is 23.8 Å². The highest BCUT2D eigenvalue weighted by atomic mass is 32.2. The van der Waals surface area contributed by atoms with Crippen molar-refractivity contribution >= 4 is 21.4 Å². The highest BCUT2D eigenvalue weighted by Gasteiger charge is 2.26. The van der Waals surface area contributed by atoms with Crippen molar-refractivity contribution in [1.82, 2.24) is 4.90 Å². The van der Waals surface area contributed by atoms with Crippen LogP contribution in [0.2, 0.25) is 0 Å². The maximum atomic E-state index is 13.8. The van der Waals surface area contributed by atoms with Gasteiger partial charge in [0.1, 0.15) is 21.5 Å². The normalized spacial score (nSPS) is 17.0. The molecule has 2 N–H and O–H groups in total. The van der Waals surface area contributed by atoms with Crippen molar-refractivity contribution in [2.45, 2.75) is 12.5 Å². The van der Waals surface area contributed by atoms with Crippen LogP contribution in [0, 0.1) is 11.6 Å². The molecule has 1 fully saturated rings. The summed E-state index contributed by atoms with van der Waals surface area (Å²) >= 11 is 0. The van der Waals surface area contributed by atoms with Crippen LogP contribution in [0.5, 0.6) is 0 Å². The number of benzene rings is 1. The predicted octanol–water partition coefficient (Wildman–Crippen LogP) is 0.375. The third-order valence-corrected chi connectivity index (χ3v) is 4.93. The molecule has 0 spiro atoms. The van der Waals surface area contributed by atoms with Gasteiger partial charge in [-0.2, -0.15) is 0 Å². The molecule has 1 saturated heterocycles. The molecule has 6 nitrogen and oxygen atoms in total. The second-order valence-electron chi connectivity index (χ2n) is 5.93. The number of anilines is 1. The Kier molecular flexibility index (Phi) is 5.76. The number of carbonyl (C=O) groups is 1. The molecular weight excluding hydrogens is 340 g/mol. The van der Waals surface area contributed by atoms with Gasteiger partial charge >= 0.3 is 0 Å². The van der Waals surface area contributed by atoms with E-state index in [1.165, 1.54) is 4.90 Å². The minimum absolute atomic E-state index is 0.0659. The number of nitrogens with two attached hydrogens (primary N) is 1. The molecule has 0 bridgehead atoms. The lowest BCUT2D eigenvalue weighted by atomic mass is 10.1. The lowest BCUT2D eigenvalue weighted by molar-refractivity contribution is -0.132. The first-order valence-electron chi connectivity index (χ1n) is 7.59. The van der Waals surface area contributed by atoms with Crippen molar-refractivity contribution in [3.05, 3.63) is 29.8 Å². The number of hydrogen-bond acceptors (Lipinski definition) is 5. The summed E-state index contributed by atoms with van der Waals surface area (Å²) in [5.74, 6) is -1.50. The maximum Gasteiger partial charge on any atom is 0.239 e. The van der Waals surface area contributed by atoms with Crippen LogP contribution >= 0.6 is 0 Å². The Balaban J connectivity index is 1.92. The summed E-state index contributed by atoms with van der Waals surface area (Å²) < 4.78 is 49.3. The largest absolute Gasteiger partial charge is 0.366 e. The molecule has 1 aromatic carbocycles. The molecular formula is C15H21F2N3O3S. The van der Waals surface area contributed by atoms with E-state index < -0.39 is 27.5 Å². The lowest BCUT2D eigenvalue weighted by Crippen LogP contribution is -2.53. The fourth-order valence-electron chi connectivity index (χ4n) is 2.59. The monoisotopic (exact) mass is 361 g/mol. The van der Waals surface area contributed by atoms with Gasteiger partial charge < -0.3 is 15.5 Å². The van der Waals surface area contributed by atoms with Gasteiger partial charge in [-0.15, -0.1) is 0 Å². The second-order valence-corrected chi connectivity index (χ2v) is 8.19. The number of nitrogens with zero attached hydrogens (tertiary/aromatic N) is 2. The number of halogens is 2. The molecule has 1 aliphatic rings. The molecule has 24 heavy (non-hydrogen) atoms. The average molecular weight is 361 g/mol. The molecule has 0 saturated carbocycles. The van der Waals surface area contributed by atoms with E-state index in [9.17, 15) is 22.0 Å². The Bertz CT molecular complexity index is 704. The minimum atomic E-state index is -3.17. The highest BCUT2D eigenvalue weighted by Crippen LogP contribution is 2.22. The summed E-state index contributed by atoms with van der Waals surface area (Å²) in [5, 5.41) is 0. The number of carbonyl (C=O) groups excluding carboxylic acids is 1. The van der Waals surface area contributed by atoms with Gasteiger partial charge in [0.05, 0.1) is 17.5 Å². The molecule has 1 aliphatic heterocycles. The molecule has 0 aliphatic carbocycles. The topological polar surface area (TPSA) is 83.7 Å². The Morgan fingerprint density at radius 1 is 1.25 bits per heavy atom. The van der Waals surface area contributed by atoms with Crippen molar-refractivity contribution in [2.75, 3.05) is 43.1 Å². The first kappa shape index (κ1) is 18.6. The summed E-state index contributed by atoms with van der Waals surface area (Å²) in [6.07, 6.45) is 1.16. The van der Waals surface area contributed by atoms with E-state index in [4.69, 9.17) is 5.73 Å². The summed E-state index contributed by atoms with van der Waals surface area (Å²) in [7, 11) is -3.17. The summed E-state index contributed by atoms with van der Waals surface area (Å²) in [6.45, 7) is 1.35. The van der Waals surface area contributed by atoms with Crippen LogP contribution in [0.25, 0.3) is 0 Å². The predicted molar refractivity (Wildman–Crippen MR) is 87.5 cm³/mol. The standard InChI is InChI=1S/C15H21F2N3O3S/c1-24(22,23)9-4-13(18)15(21)20-7-5-19(6-8-20)14-10-11(16)2-3-12(14)17/h2-3,10,13H,4-9,18H2,1H3. The van der Waals surface area contributed by atoms with Crippen LogP contribution in [0.1, 0.15) is 6.42 Å². The number of piperazine rings is 1. The van der Waals surface area contributed by atoms with E-state index in [0.29, 0.717) is 26.2 Å². The number of rotatable bonds is 5. The second kappa shape index (κ2) is 7.43. The lowest BCUT2D eigenvalue weighted by Gasteiger charge is -2.37. The summed E-state index contributed by atoms with van der Waals surface area (Å²) in [4.78, 5) is 15.4. The van der Waals surface area contributed by atoms with Gasteiger partial charge in [-0.05, 0) is 18.6 Å². The van der Waals surface area contributed by atoms with Crippen molar-refractivity contribution in [3.8, 4) is 0 Å². The first-order chi connectivity index (χ1) is 11.2. The fraction of sp³-hybridized carbons (Fsp3) is 0.533. The molecule has 2 rings (SSSR count). The zero-order chi connectivity index (χ0) is 17.9. The van der Waals surface area contributed by atoms with Gasteiger partial charge in [-0.25, -0.2) is 17.2 Å². The number of hydrogen-bond donors (Lipinski definition) is 1. The molecule has 1 atom stereocenters. The van der Waals surface area contributed by atoms with Crippen LogP contribution < -0.4 is 10.6 Å². The van der Waals surface area contributed by atoms with Crippen molar-refractivity contribution in [2.24, 2.45) is 5.73 Å². The van der Waals surface area contributed by atoms with E-state index in [1.54, 1.807) is 4.90 Å². The third kappa shape index (κ3) is 4.88. The molecule has 0 aromatic heterocycles. The maximum absolute atomic E-state index is 13.8. The van der Waals surface area contributed by atoms with Crippen LogP contribution in [-0.2, 0) is 14.6 Å².